The number of aryl methyl sites for hydroxylation is 1. The van der Waals surface area contributed by atoms with E-state index in [0.29, 0.717) is 45.2 Å². The topological polar surface area (TPSA) is 83.8 Å². The summed E-state index contributed by atoms with van der Waals surface area (Å²) >= 11 is 5.92. The number of methoxy groups -OCH3 is 1. The third-order valence-corrected chi connectivity index (χ3v) is 7.30. The van der Waals surface area contributed by atoms with E-state index < -0.39 is 10.0 Å². The van der Waals surface area contributed by atoms with E-state index in [9.17, 15) is 13.2 Å². The SMILES string of the molecule is CCOC(=O)CCc1cn(S(=O)(=O)c2cccc(Oc3ccc(Cl)cc3)c2)c2ccc(OC)cc12. The van der Waals surface area contributed by atoms with Gasteiger partial charge in [-0.1, -0.05) is 17.7 Å². The molecule has 0 saturated carbocycles. The van der Waals surface area contributed by atoms with Gasteiger partial charge < -0.3 is 14.2 Å². The molecule has 0 aliphatic heterocycles. The van der Waals surface area contributed by atoms with Crippen LogP contribution in [0.4, 0.5) is 0 Å². The summed E-state index contributed by atoms with van der Waals surface area (Å²) < 4.78 is 44.7. The summed E-state index contributed by atoms with van der Waals surface area (Å²) in [6, 6.07) is 18.2. The zero-order chi connectivity index (χ0) is 25.0. The fourth-order valence-corrected chi connectivity index (χ4v) is 5.24. The largest absolute Gasteiger partial charge is 0.497 e. The van der Waals surface area contributed by atoms with Gasteiger partial charge in [0.05, 0.1) is 24.1 Å². The average Bonchev–Trinajstić information content (AvgIpc) is 3.23. The van der Waals surface area contributed by atoms with Crippen molar-refractivity contribution in [3.8, 4) is 17.2 Å². The molecular formula is C26H24ClNO6S. The Kier molecular flexibility index (Phi) is 7.33. The third-order valence-electron chi connectivity index (χ3n) is 5.38. The molecule has 0 bridgehead atoms. The molecule has 0 radical (unpaired) electrons. The molecule has 0 aliphatic carbocycles. The molecule has 0 spiro atoms. The highest BCUT2D eigenvalue weighted by atomic mass is 35.5. The zero-order valence-corrected chi connectivity index (χ0v) is 20.8. The maximum Gasteiger partial charge on any atom is 0.306 e. The normalized spacial score (nSPS) is 11.4. The molecule has 1 aromatic heterocycles. The van der Waals surface area contributed by atoms with Crippen molar-refractivity contribution in [2.24, 2.45) is 0 Å². The Bertz CT molecular complexity index is 1460. The van der Waals surface area contributed by atoms with Gasteiger partial charge in [0.2, 0.25) is 0 Å². The van der Waals surface area contributed by atoms with Gasteiger partial charge in [-0.05, 0) is 73.5 Å². The molecule has 4 rings (SSSR count). The molecular weight excluding hydrogens is 490 g/mol. The van der Waals surface area contributed by atoms with Crippen molar-refractivity contribution < 1.29 is 27.4 Å². The summed E-state index contributed by atoms with van der Waals surface area (Å²) in [6.07, 6.45) is 2.00. The van der Waals surface area contributed by atoms with Crippen molar-refractivity contribution in [2.75, 3.05) is 13.7 Å². The number of nitrogens with zero attached hydrogens (tertiary/aromatic N) is 1. The summed E-state index contributed by atoms with van der Waals surface area (Å²) in [5, 5.41) is 1.26. The van der Waals surface area contributed by atoms with Crippen LogP contribution >= 0.6 is 11.6 Å². The van der Waals surface area contributed by atoms with Crippen LogP contribution in [-0.4, -0.2) is 32.1 Å². The number of carbonyl (C=O) groups excluding carboxylic acids is 1. The predicted molar refractivity (Wildman–Crippen MR) is 134 cm³/mol. The van der Waals surface area contributed by atoms with Gasteiger partial charge in [0.25, 0.3) is 10.0 Å². The highest BCUT2D eigenvalue weighted by Gasteiger charge is 2.23. The first kappa shape index (κ1) is 24.6. The van der Waals surface area contributed by atoms with E-state index in [4.69, 9.17) is 25.8 Å². The number of fused-ring (bicyclic) bond motifs is 1. The number of rotatable bonds is 9. The molecule has 0 amide bonds. The Morgan fingerprint density at radius 1 is 0.971 bits per heavy atom. The van der Waals surface area contributed by atoms with Crippen LogP contribution in [0.2, 0.25) is 5.02 Å². The van der Waals surface area contributed by atoms with Crippen molar-refractivity contribution in [1.29, 1.82) is 0 Å². The number of esters is 1. The Hall–Kier alpha value is -3.49. The number of benzene rings is 3. The molecule has 35 heavy (non-hydrogen) atoms. The molecule has 0 fully saturated rings. The minimum Gasteiger partial charge on any atom is -0.497 e. The monoisotopic (exact) mass is 513 g/mol. The van der Waals surface area contributed by atoms with Gasteiger partial charge in [0.15, 0.2) is 0 Å². The van der Waals surface area contributed by atoms with E-state index in [1.165, 1.54) is 16.1 Å². The maximum atomic E-state index is 13.7. The van der Waals surface area contributed by atoms with Crippen molar-refractivity contribution in [3.05, 3.63) is 83.5 Å². The van der Waals surface area contributed by atoms with Crippen LogP contribution in [0.5, 0.6) is 17.2 Å². The standard InChI is InChI=1S/C26H24ClNO6S/c1-3-33-26(29)14-7-18-17-28(25-13-12-21(32-2)16-24(18)25)35(30,31)23-6-4-5-22(15-23)34-20-10-8-19(27)9-11-20/h4-6,8-13,15-17H,3,7,14H2,1-2H3. The fourth-order valence-electron chi connectivity index (χ4n) is 3.69. The van der Waals surface area contributed by atoms with Gasteiger partial charge in [0, 0.05) is 29.1 Å². The lowest BCUT2D eigenvalue weighted by Gasteiger charge is -2.10. The van der Waals surface area contributed by atoms with Crippen LogP contribution < -0.4 is 9.47 Å². The first-order valence-corrected chi connectivity index (χ1v) is 12.8. The zero-order valence-electron chi connectivity index (χ0n) is 19.2. The first-order valence-electron chi connectivity index (χ1n) is 10.9. The number of carbonyl (C=O) groups is 1. The summed E-state index contributed by atoms with van der Waals surface area (Å²) in [5.74, 6) is 1.15. The number of halogens is 1. The minimum atomic E-state index is -3.98. The van der Waals surface area contributed by atoms with Gasteiger partial charge in [-0.2, -0.15) is 0 Å². The summed E-state index contributed by atoms with van der Waals surface area (Å²) in [6.45, 7) is 2.03. The van der Waals surface area contributed by atoms with Crippen molar-refractivity contribution in [3.63, 3.8) is 0 Å². The molecule has 9 heteroatoms. The van der Waals surface area contributed by atoms with E-state index >= 15 is 0 Å². The van der Waals surface area contributed by atoms with E-state index in [1.807, 2.05) is 0 Å². The molecule has 4 aromatic rings. The molecule has 0 unspecified atom stereocenters. The second-order valence-corrected chi connectivity index (χ2v) is 9.93. The minimum absolute atomic E-state index is 0.0635. The number of hydrogen-bond donors (Lipinski definition) is 0. The summed E-state index contributed by atoms with van der Waals surface area (Å²) in [4.78, 5) is 12.0. The van der Waals surface area contributed by atoms with E-state index in [0.717, 1.165) is 0 Å². The maximum absolute atomic E-state index is 13.7. The van der Waals surface area contributed by atoms with Crippen LogP contribution in [0.15, 0.2) is 77.8 Å². The lowest BCUT2D eigenvalue weighted by atomic mass is 10.1. The molecule has 0 saturated heterocycles. The Morgan fingerprint density at radius 2 is 1.71 bits per heavy atom. The number of ether oxygens (including phenoxy) is 3. The van der Waals surface area contributed by atoms with Crippen LogP contribution in [-0.2, 0) is 26.0 Å². The Balaban J connectivity index is 1.72. The summed E-state index contributed by atoms with van der Waals surface area (Å²) in [5.41, 5.74) is 1.18. The van der Waals surface area contributed by atoms with Gasteiger partial charge in [-0.25, -0.2) is 12.4 Å². The fraction of sp³-hybridized carbons (Fsp3) is 0.192. The van der Waals surface area contributed by atoms with Crippen LogP contribution in [0, 0.1) is 0 Å². The third kappa shape index (κ3) is 5.44. The molecule has 7 nitrogen and oxygen atoms in total. The van der Waals surface area contributed by atoms with Gasteiger partial charge >= 0.3 is 5.97 Å². The molecule has 3 aromatic carbocycles. The lowest BCUT2D eigenvalue weighted by molar-refractivity contribution is -0.143. The van der Waals surface area contributed by atoms with Crippen molar-refractivity contribution >= 4 is 38.5 Å². The van der Waals surface area contributed by atoms with E-state index in [-0.39, 0.29) is 23.9 Å². The molecule has 0 N–H and O–H groups in total. The quantitative estimate of drug-likeness (QED) is 0.262. The highest BCUT2D eigenvalue weighted by molar-refractivity contribution is 7.90. The predicted octanol–water partition coefficient (Wildman–Crippen LogP) is 5.83. The van der Waals surface area contributed by atoms with E-state index in [1.54, 1.807) is 74.8 Å². The van der Waals surface area contributed by atoms with Crippen LogP contribution in [0.3, 0.4) is 0 Å². The van der Waals surface area contributed by atoms with Crippen molar-refractivity contribution in [1.82, 2.24) is 3.97 Å². The Labute approximate surface area is 208 Å². The molecule has 0 atom stereocenters. The van der Waals surface area contributed by atoms with Crippen molar-refractivity contribution in [2.45, 2.75) is 24.7 Å². The second kappa shape index (κ2) is 10.4. The number of aromatic nitrogens is 1. The van der Waals surface area contributed by atoms with E-state index in [2.05, 4.69) is 0 Å². The van der Waals surface area contributed by atoms with Crippen LogP contribution in [0.25, 0.3) is 10.9 Å². The van der Waals surface area contributed by atoms with Gasteiger partial charge in [-0.15, -0.1) is 0 Å². The molecule has 0 aliphatic rings. The smallest absolute Gasteiger partial charge is 0.306 e. The second-order valence-electron chi connectivity index (χ2n) is 7.67. The molecule has 182 valence electrons. The average molecular weight is 514 g/mol. The highest BCUT2D eigenvalue weighted by Crippen LogP contribution is 2.32. The van der Waals surface area contributed by atoms with Gasteiger partial charge in [0.1, 0.15) is 17.2 Å². The summed E-state index contributed by atoms with van der Waals surface area (Å²) in [7, 11) is -2.43. The molecule has 1 heterocycles. The lowest BCUT2D eigenvalue weighted by Crippen LogP contribution is -2.12. The van der Waals surface area contributed by atoms with Crippen LogP contribution in [0.1, 0.15) is 18.9 Å². The Morgan fingerprint density at radius 3 is 2.43 bits per heavy atom. The van der Waals surface area contributed by atoms with Gasteiger partial charge in [-0.3, -0.25) is 4.79 Å². The first-order chi connectivity index (χ1) is 16.8. The number of hydrogen-bond acceptors (Lipinski definition) is 6.